The fourth-order valence-electron chi connectivity index (χ4n) is 2.25. The minimum absolute atomic E-state index is 0.164. The lowest BCUT2D eigenvalue weighted by atomic mass is 10.1. The Bertz CT molecular complexity index is 357. The average molecular weight is 239 g/mol. The van der Waals surface area contributed by atoms with Crippen LogP contribution < -0.4 is 5.32 Å². The lowest BCUT2D eigenvalue weighted by Crippen LogP contribution is -2.22. The first-order valence-electron chi connectivity index (χ1n) is 6.14. The summed E-state index contributed by atoms with van der Waals surface area (Å²) in [6.07, 6.45) is 1.87. The largest absolute Gasteiger partial charge is 0.376 e. The Hall–Kier alpha value is -0.980. The molecular formula is C11H17N3O3. The maximum Gasteiger partial charge on any atom is 0.227 e. The Morgan fingerprint density at radius 3 is 3.12 bits per heavy atom. The monoisotopic (exact) mass is 239 g/mol. The predicted octanol–water partition coefficient (Wildman–Crippen LogP) is 0.309. The van der Waals surface area contributed by atoms with Gasteiger partial charge in [-0.25, -0.2) is 0 Å². The topological polar surface area (TPSA) is 69.4 Å². The van der Waals surface area contributed by atoms with E-state index in [0.29, 0.717) is 37.5 Å². The zero-order valence-electron chi connectivity index (χ0n) is 9.72. The molecule has 1 N–H and O–H groups in total. The molecule has 2 aliphatic heterocycles. The molecule has 3 rings (SSSR count). The summed E-state index contributed by atoms with van der Waals surface area (Å²) in [5.74, 6) is 1.94. The number of rotatable bonds is 3. The van der Waals surface area contributed by atoms with Crippen LogP contribution in [0.2, 0.25) is 0 Å². The SMILES string of the molecule is C1CC(Cc2nc(C3COCCO3)no2)CN1. The molecule has 0 aliphatic carbocycles. The molecule has 1 aromatic rings. The van der Waals surface area contributed by atoms with Gasteiger partial charge in [-0.3, -0.25) is 0 Å². The minimum Gasteiger partial charge on any atom is -0.376 e. The Kier molecular flexibility index (Phi) is 3.35. The molecule has 1 aromatic heterocycles. The zero-order valence-corrected chi connectivity index (χ0v) is 9.72. The fraction of sp³-hybridized carbons (Fsp3) is 0.818. The van der Waals surface area contributed by atoms with Crippen molar-refractivity contribution in [2.24, 2.45) is 5.92 Å². The lowest BCUT2D eigenvalue weighted by molar-refractivity contribution is -0.0941. The lowest BCUT2D eigenvalue weighted by Gasteiger charge is -2.19. The quantitative estimate of drug-likeness (QED) is 0.818. The summed E-state index contributed by atoms with van der Waals surface area (Å²) in [6, 6.07) is 0. The van der Waals surface area contributed by atoms with E-state index in [2.05, 4.69) is 15.5 Å². The van der Waals surface area contributed by atoms with Crippen molar-refractivity contribution in [3.05, 3.63) is 11.7 Å². The summed E-state index contributed by atoms with van der Waals surface area (Å²) < 4.78 is 16.1. The zero-order chi connectivity index (χ0) is 11.5. The van der Waals surface area contributed by atoms with Gasteiger partial charge in [-0.15, -0.1) is 0 Å². The van der Waals surface area contributed by atoms with Crippen LogP contribution in [0.25, 0.3) is 0 Å². The van der Waals surface area contributed by atoms with Crippen molar-refractivity contribution < 1.29 is 14.0 Å². The summed E-state index contributed by atoms with van der Waals surface area (Å²) >= 11 is 0. The van der Waals surface area contributed by atoms with Crippen LogP contribution in [0.5, 0.6) is 0 Å². The maximum atomic E-state index is 5.52. The van der Waals surface area contributed by atoms with Crippen LogP contribution in [0.1, 0.15) is 24.2 Å². The first kappa shape index (κ1) is 11.1. The van der Waals surface area contributed by atoms with Gasteiger partial charge >= 0.3 is 0 Å². The molecule has 2 saturated heterocycles. The van der Waals surface area contributed by atoms with Gasteiger partial charge in [-0.1, -0.05) is 5.16 Å². The van der Waals surface area contributed by atoms with Crippen molar-refractivity contribution in [3.63, 3.8) is 0 Å². The standard InChI is InChI=1S/C11H17N3O3/c1-2-12-6-8(1)5-10-13-11(14-17-10)9-7-15-3-4-16-9/h8-9,12H,1-7H2. The molecular weight excluding hydrogens is 222 g/mol. The van der Waals surface area contributed by atoms with E-state index >= 15 is 0 Å². The summed E-state index contributed by atoms with van der Waals surface area (Å²) in [6.45, 7) is 3.89. The van der Waals surface area contributed by atoms with Crippen molar-refractivity contribution in [1.82, 2.24) is 15.5 Å². The average Bonchev–Trinajstić information content (AvgIpc) is 3.02. The van der Waals surface area contributed by atoms with Gasteiger partial charge in [0.1, 0.15) is 6.10 Å². The molecule has 0 saturated carbocycles. The van der Waals surface area contributed by atoms with Crippen molar-refractivity contribution in [2.45, 2.75) is 18.9 Å². The van der Waals surface area contributed by atoms with Gasteiger partial charge in [0, 0.05) is 6.42 Å². The predicted molar refractivity (Wildman–Crippen MR) is 58.5 cm³/mol. The highest BCUT2D eigenvalue weighted by molar-refractivity contribution is 4.94. The van der Waals surface area contributed by atoms with Crippen molar-refractivity contribution in [3.8, 4) is 0 Å². The molecule has 0 spiro atoms. The second kappa shape index (κ2) is 5.12. The van der Waals surface area contributed by atoms with Crippen LogP contribution in [0, 0.1) is 5.92 Å². The molecule has 0 amide bonds. The molecule has 2 fully saturated rings. The number of aromatic nitrogens is 2. The third kappa shape index (κ3) is 2.65. The smallest absolute Gasteiger partial charge is 0.227 e. The van der Waals surface area contributed by atoms with E-state index in [0.717, 1.165) is 19.5 Å². The molecule has 6 nitrogen and oxygen atoms in total. The summed E-state index contributed by atoms with van der Waals surface area (Å²) in [5, 5.41) is 7.30. The number of nitrogens with one attached hydrogen (secondary N) is 1. The van der Waals surface area contributed by atoms with Crippen LogP contribution in [-0.2, 0) is 15.9 Å². The summed E-state index contributed by atoms with van der Waals surface area (Å²) in [7, 11) is 0. The van der Waals surface area contributed by atoms with Crippen molar-refractivity contribution >= 4 is 0 Å². The fourth-order valence-corrected chi connectivity index (χ4v) is 2.25. The molecule has 17 heavy (non-hydrogen) atoms. The molecule has 94 valence electrons. The van der Waals surface area contributed by atoms with E-state index in [1.54, 1.807) is 0 Å². The first-order chi connectivity index (χ1) is 8.42. The van der Waals surface area contributed by atoms with Crippen LogP contribution in [0.3, 0.4) is 0 Å². The van der Waals surface area contributed by atoms with Gasteiger partial charge in [0.25, 0.3) is 0 Å². The molecule has 2 unspecified atom stereocenters. The van der Waals surface area contributed by atoms with Gasteiger partial charge in [0.15, 0.2) is 0 Å². The molecule has 0 radical (unpaired) electrons. The van der Waals surface area contributed by atoms with Gasteiger partial charge in [-0.05, 0) is 25.4 Å². The number of hydrogen-bond donors (Lipinski definition) is 1. The second-order valence-electron chi connectivity index (χ2n) is 4.54. The highest BCUT2D eigenvalue weighted by Gasteiger charge is 2.24. The molecule has 2 aliphatic rings. The molecule has 0 aromatic carbocycles. The van der Waals surface area contributed by atoms with E-state index in [1.165, 1.54) is 6.42 Å². The van der Waals surface area contributed by atoms with Crippen LogP contribution in [0.15, 0.2) is 4.52 Å². The van der Waals surface area contributed by atoms with Crippen molar-refractivity contribution in [2.75, 3.05) is 32.9 Å². The third-order valence-electron chi connectivity index (χ3n) is 3.21. The van der Waals surface area contributed by atoms with Gasteiger partial charge in [0.05, 0.1) is 19.8 Å². The van der Waals surface area contributed by atoms with Crippen molar-refractivity contribution in [1.29, 1.82) is 0 Å². The third-order valence-corrected chi connectivity index (χ3v) is 3.21. The van der Waals surface area contributed by atoms with Gasteiger partial charge < -0.3 is 19.3 Å². The Labute approximate surface area is 99.7 Å². The minimum atomic E-state index is -0.164. The second-order valence-corrected chi connectivity index (χ2v) is 4.54. The van der Waals surface area contributed by atoms with E-state index in [4.69, 9.17) is 14.0 Å². The first-order valence-corrected chi connectivity index (χ1v) is 6.14. The molecule has 0 bridgehead atoms. The Morgan fingerprint density at radius 1 is 1.35 bits per heavy atom. The number of ether oxygens (including phenoxy) is 2. The Morgan fingerprint density at radius 2 is 2.35 bits per heavy atom. The highest BCUT2D eigenvalue weighted by atomic mass is 16.6. The van der Waals surface area contributed by atoms with E-state index in [1.807, 2.05) is 0 Å². The van der Waals surface area contributed by atoms with Crippen LogP contribution >= 0.6 is 0 Å². The maximum absolute atomic E-state index is 5.52. The summed E-state index contributed by atoms with van der Waals surface area (Å²) in [4.78, 5) is 4.39. The highest BCUT2D eigenvalue weighted by Crippen LogP contribution is 2.19. The van der Waals surface area contributed by atoms with Crippen LogP contribution in [-0.4, -0.2) is 43.1 Å². The van der Waals surface area contributed by atoms with E-state index < -0.39 is 0 Å². The van der Waals surface area contributed by atoms with E-state index in [-0.39, 0.29) is 6.10 Å². The van der Waals surface area contributed by atoms with Gasteiger partial charge in [-0.2, -0.15) is 4.98 Å². The van der Waals surface area contributed by atoms with E-state index in [9.17, 15) is 0 Å². The summed E-state index contributed by atoms with van der Waals surface area (Å²) in [5.41, 5.74) is 0. The molecule has 2 atom stereocenters. The Balaban J connectivity index is 1.60. The van der Waals surface area contributed by atoms with Crippen LogP contribution in [0.4, 0.5) is 0 Å². The normalized spacial score (nSPS) is 29.6. The number of nitrogens with zero attached hydrogens (tertiary/aromatic N) is 2. The van der Waals surface area contributed by atoms with Gasteiger partial charge in [0.2, 0.25) is 11.7 Å². The molecule has 3 heterocycles. The number of hydrogen-bond acceptors (Lipinski definition) is 6. The molecule has 6 heteroatoms.